The molecule has 20 heavy (non-hydrogen) atoms. The quantitative estimate of drug-likeness (QED) is 0.521. The number of hydrogen-bond donors (Lipinski definition) is 0. The molecule has 1 nitrogen and oxygen atoms in total. The molecule has 0 amide bonds. The second kappa shape index (κ2) is 5.96. The van der Waals surface area contributed by atoms with E-state index >= 15 is 0 Å². The van der Waals surface area contributed by atoms with Gasteiger partial charge in [-0.3, -0.25) is 0 Å². The summed E-state index contributed by atoms with van der Waals surface area (Å²) in [5, 5.41) is 0. The molecule has 2 heteroatoms. The maximum Gasteiger partial charge on any atom is 0.130 e. The molecule has 0 aliphatic heterocycles. The first-order chi connectivity index (χ1) is 9.37. The first-order valence-corrected chi connectivity index (χ1v) is 11.4. The van der Waals surface area contributed by atoms with Gasteiger partial charge < -0.3 is 4.74 Å². The highest BCUT2D eigenvalue weighted by Crippen LogP contribution is 2.55. The van der Waals surface area contributed by atoms with Crippen LogP contribution in [0.5, 0.6) is 0 Å². The minimum absolute atomic E-state index is 0.354. The molecule has 2 fully saturated rings. The Hall–Kier alpha value is -0.703. The maximum absolute atomic E-state index is 5.72. The molecule has 0 heterocycles. The van der Waals surface area contributed by atoms with Gasteiger partial charge >= 0.3 is 0 Å². The van der Waals surface area contributed by atoms with Gasteiger partial charge in [0.25, 0.3) is 0 Å². The molecule has 110 valence electrons. The van der Waals surface area contributed by atoms with Crippen molar-refractivity contribution in [2.45, 2.75) is 64.8 Å². The van der Waals surface area contributed by atoms with Crippen LogP contribution in [0.3, 0.4) is 0 Å². The summed E-state index contributed by atoms with van der Waals surface area (Å²) < 4.78 is 5.72. The summed E-state index contributed by atoms with van der Waals surface area (Å²) in [6.07, 6.45) is 6.77. The van der Waals surface area contributed by atoms with E-state index in [0.29, 0.717) is 23.4 Å². The Balaban J connectivity index is 2.11. The Labute approximate surface area is 125 Å². The molecule has 2 aliphatic carbocycles. The molecular formula is C18H28OSi. The lowest BCUT2D eigenvalue weighted by molar-refractivity contribution is -0.0355. The van der Waals surface area contributed by atoms with Crippen molar-refractivity contribution in [3.05, 3.63) is 0 Å². The molecule has 2 rings (SSSR count). The Morgan fingerprint density at radius 2 is 1.85 bits per heavy atom. The molecule has 0 radical (unpaired) electrons. The molecule has 0 saturated heterocycles. The Morgan fingerprint density at radius 3 is 2.50 bits per heavy atom. The van der Waals surface area contributed by atoms with Gasteiger partial charge in [-0.05, 0) is 48.9 Å². The van der Waals surface area contributed by atoms with Crippen molar-refractivity contribution in [2.75, 3.05) is 7.11 Å². The predicted octanol–water partition coefficient (Wildman–Crippen LogP) is 4.10. The third-order valence-electron chi connectivity index (χ3n) is 5.11. The summed E-state index contributed by atoms with van der Waals surface area (Å²) in [5.41, 5.74) is 3.69. The highest BCUT2D eigenvalue weighted by molar-refractivity contribution is 6.83. The maximum atomic E-state index is 5.72. The molecule has 0 bridgehead atoms. The number of hydrogen-bond acceptors (Lipinski definition) is 1. The molecule has 1 unspecified atom stereocenters. The fourth-order valence-electron chi connectivity index (χ4n) is 3.98. The Kier molecular flexibility index (Phi) is 4.68. The van der Waals surface area contributed by atoms with Crippen LogP contribution in [0.4, 0.5) is 0 Å². The zero-order chi connectivity index (χ0) is 14.8. The summed E-state index contributed by atoms with van der Waals surface area (Å²) in [4.78, 5) is 0. The van der Waals surface area contributed by atoms with E-state index in [1.165, 1.54) is 32.1 Å². The van der Waals surface area contributed by atoms with Gasteiger partial charge in [-0.15, -0.1) is 5.54 Å². The van der Waals surface area contributed by atoms with Crippen LogP contribution in [0, 0.1) is 40.6 Å². The summed E-state index contributed by atoms with van der Waals surface area (Å²) >= 11 is 0. The van der Waals surface area contributed by atoms with Crippen LogP contribution in [0.1, 0.15) is 39.0 Å². The van der Waals surface area contributed by atoms with Crippen LogP contribution in [-0.4, -0.2) is 21.3 Å². The van der Waals surface area contributed by atoms with E-state index in [4.69, 9.17) is 4.74 Å². The van der Waals surface area contributed by atoms with Gasteiger partial charge in [0.1, 0.15) is 8.07 Å². The zero-order valence-electron chi connectivity index (χ0n) is 13.7. The van der Waals surface area contributed by atoms with Crippen LogP contribution >= 0.6 is 0 Å². The standard InChI is InChI=1S/C18H28OSi/c1-18-13-8-10-17(19-2)16(18)12-11-15(18)9-6-7-14-20(3,4)5/h15-17H,8,10-13H2,1-5H3/t15-,16?,17-,18+/m0/s1. The van der Waals surface area contributed by atoms with Crippen LogP contribution in [0.25, 0.3) is 0 Å². The monoisotopic (exact) mass is 288 g/mol. The van der Waals surface area contributed by atoms with Crippen molar-refractivity contribution < 1.29 is 4.74 Å². The average molecular weight is 289 g/mol. The van der Waals surface area contributed by atoms with E-state index in [2.05, 4.69) is 49.9 Å². The third-order valence-corrected chi connectivity index (χ3v) is 5.99. The van der Waals surface area contributed by atoms with Crippen molar-refractivity contribution in [2.24, 2.45) is 17.3 Å². The molecule has 4 atom stereocenters. The zero-order valence-corrected chi connectivity index (χ0v) is 14.7. The van der Waals surface area contributed by atoms with Crippen LogP contribution in [0.15, 0.2) is 0 Å². The molecule has 0 N–H and O–H groups in total. The normalized spacial score (nSPS) is 36.4. The average Bonchev–Trinajstić information content (AvgIpc) is 2.70. The minimum atomic E-state index is -1.29. The highest BCUT2D eigenvalue weighted by atomic mass is 28.3. The smallest absolute Gasteiger partial charge is 0.130 e. The number of rotatable bonds is 1. The molecule has 0 aromatic carbocycles. The summed E-state index contributed by atoms with van der Waals surface area (Å²) in [7, 11) is 0.582. The van der Waals surface area contributed by atoms with E-state index in [1.54, 1.807) is 0 Å². The van der Waals surface area contributed by atoms with E-state index in [-0.39, 0.29) is 0 Å². The molecule has 2 aliphatic rings. The summed E-state index contributed by atoms with van der Waals surface area (Å²) in [6.45, 7) is 9.22. The van der Waals surface area contributed by atoms with E-state index in [9.17, 15) is 0 Å². The number of fused-ring (bicyclic) bond motifs is 1. The van der Waals surface area contributed by atoms with Crippen LogP contribution in [0.2, 0.25) is 19.6 Å². The van der Waals surface area contributed by atoms with Crippen molar-refractivity contribution >= 4 is 8.07 Å². The largest absolute Gasteiger partial charge is 0.381 e. The topological polar surface area (TPSA) is 9.23 Å². The lowest BCUT2D eigenvalue weighted by Crippen LogP contribution is -2.40. The Bertz CT molecular complexity index is 468. The van der Waals surface area contributed by atoms with Gasteiger partial charge in [-0.2, -0.15) is 0 Å². The SMILES string of the molecule is CO[C@H]1CCC[C@@]2(C)C1CC[C@@H]2C#CC#C[Si](C)(C)C. The van der Waals surface area contributed by atoms with Crippen molar-refractivity contribution in [1.29, 1.82) is 0 Å². The molecule has 0 spiro atoms. The lowest BCUT2D eigenvalue weighted by atomic mass is 9.64. The molecule has 0 aromatic heterocycles. The van der Waals surface area contributed by atoms with Gasteiger partial charge in [0.2, 0.25) is 0 Å². The van der Waals surface area contributed by atoms with E-state index in [0.717, 1.165) is 0 Å². The van der Waals surface area contributed by atoms with Crippen molar-refractivity contribution in [3.8, 4) is 23.3 Å². The summed E-state index contributed by atoms with van der Waals surface area (Å²) in [5.74, 6) is 11.0. The van der Waals surface area contributed by atoms with Gasteiger partial charge in [-0.25, -0.2) is 0 Å². The van der Waals surface area contributed by atoms with Crippen LogP contribution in [-0.2, 0) is 4.74 Å². The predicted molar refractivity (Wildman–Crippen MR) is 87.9 cm³/mol. The summed E-state index contributed by atoms with van der Waals surface area (Å²) in [6, 6.07) is 0. The third kappa shape index (κ3) is 3.30. The fraction of sp³-hybridized carbons (Fsp3) is 0.778. The highest BCUT2D eigenvalue weighted by Gasteiger charge is 2.50. The second-order valence-corrected chi connectivity index (χ2v) is 12.4. The van der Waals surface area contributed by atoms with Crippen molar-refractivity contribution in [1.82, 2.24) is 0 Å². The van der Waals surface area contributed by atoms with E-state index < -0.39 is 8.07 Å². The van der Waals surface area contributed by atoms with E-state index in [1.807, 2.05) is 7.11 Å². The number of ether oxygens (including phenoxy) is 1. The molecule has 2 saturated carbocycles. The van der Waals surface area contributed by atoms with Gasteiger partial charge in [-0.1, -0.05) is 38.9 Å². The first-order valence-electron chi connectivity index (χ1n) is 7.92. The van der Waals surface area contributed by atoms with Gasteiger partial charge in [0.05, 0.1) is 6.10 Å². The lowest BCUT2D eigenvalue weighted by Gasteiger charge is -2.43. The van der Waals surface area contributed by atoms with Crippen molar-refractivity contribution in [3.63, 3.8) is 0 Å². The van der Waals surface area contributed by atoms with Gasteiger partial charge in [0, 0.05) is 13.0 Å². The first kappa shape index (κ1) is 15.7. The second-order valence-electron chi connectivity index (χ2n) is 7.68. The minimum Gasteiger partial charge on any atom is -0.381 e. The fourth-order valence-corrected chi connectivity index (χ4v) is 4.42. The molecule has 0 aromatic rings. The molecular weight excluding hydrogens is 260 g/mol. The van der Waals surface area contributed by atoms with Crippen LogP contribution < -0.4 is 0 Å². The number of methoxy groups -OCH3 is 1. The Morgan fingerprint density at radius 1 is 1.10 bits per heavy atom. The van der Waals surface area contributed by atoms with Gasteiger partial charge in [0.15, 0.2) is 0 Å².